The second kappa shape index (κ2) is 7.39. The van der Waals surface area contributed by atoms with E-state index in [4.69, 9.17) is 10.5 Å². The van der Waals surface area contributed by atoms with Crippen molar-refractivity contribution in [2.75, 3.05) is 20.2 Å². The third-order valence-corrected chi connectivity index (χ3v) is 5.88. The van der Waals surface area contributed by atoms with Crippen LogP contribution >= 0.6 is 0 Å². The summed E-state index contributed by atoms with van der Waals surface area (Å²) in [5.74, 6) is -0.0371. The Labute approximate surface area is 165 Å². The molecule has 1 heterocycles. The maximum atomic E-state index is 10.1. The lowest BCUT2D eigenvalue weighted by atomic mass is 9.58. The van der Waals surface area contributed by atoms with Crippen molar-refractivity contribution in [3.05, 3.63) is 52.7 Å². The Balaban J connectivity index is 2.30. The van der Waals surface area contributed by atoms with Crippen LogP contribution in [0.15, 0.2) is 47.2 Å². The van der Waals surface area contributed by atoms with Gasteiger partial charge in [0, 0.05) is 31.0 Å². The van der Waals surface area contributed by atoms with E-state index in [9.17, 15) is 15.8 Å². The van der Waals surface area contributed by atoms with Crippen LogP contribution in [0.5, 0.6) is 5.75 Å². The summed E-state index contributed by atoms with van der Waals surface area (Å²) in [6.45, 7) is 5.58. The first-order chi connectivity index (χ1) is 13.4. The van der Waals surface area contributed by atoms with Gasteiger partial charge in [-0.25, -0.2) is 0 Å². The minimum absolute atomic E-state index is 0.0494. The molecule has 0 bridgehead atoms. The Bertz CT molecular complexity index is 956. The molecule has 142 valence electrons. The zero-order valence-corrected chi connectivity index (χ0v) is 16.3. The van der Waals surface area contributed by atoms with Crippen molar-refractivity contribution in [3.63, 3.8) is 0 Å². The second-order valence-corrected chi connectivity index (χ2v) is 7.50. The zero-order valence-electron chi connectivity index (χ0n) is 16.3. The molecule has 1 aliphatic heterocycles. The quantitative estimate of drug-likeness (QED) is 0.872. The number of benzene rings is 1. The van der Waals surface area contributed by atoms with Gasteiger partial charge in [-0.15, -0.1) is 0 Å². The molecular weight excluding hydrogens is 350 g/mol. The van der Waals surface area contributed by atoms with E-state index in [1.807, 2.05) is 30.3 Å². The smallest absolute Gasteiger partial charge is 0.191 e. The predicted molar refractivity (Wildman–Crippen MR) is 105 cm³/mol. The molecule has 1 aromatic carbocycles. The zero-order chi connectivity index (χ0) is 20.5. The van der Waals surface area contributed by atoms with Gasteiger partial charge in [0.05, 0.1) is 30.5 Å². The molecule has 0 radical (unpaired) electrons. The second-order valence-electron chi connectivity index (χ2n) is 7.50. The molecule has 28 heavy (non-hydrogen) atoms. The molecule has 6 heteroatoms. The van der Waals surface area contributed by atoms with Gasteiger partial charge in [-0.05, 0) is 37.1 Å². The van der Waals surface area contributed by atoms with E-state index in [0.717, 1.165) is 11.1 Å². The van der Waals surface area contributed by atoms with Crippen molar-refractivity contribution in [2.24, 2.45) is 17.1 Å². The van der Waals surface area contributed by atoms with Crippen LogP contribution in [0.1, 0.15) is 25.3 Å². The van der Waals surface area contributed by atoms with Gasteiger partial charge in [-0.1, -0.05) is 18.2 Å². The minimum Gasteiger partial charge on any atom is -0.497 e. The molecule has 3 rings (SSSR count). The van der Waals surface area contributed by atoms with Crippen LogP contribution in [0.4, 0.5) is 0 Å². The summed E-state index contributed by atoms with van der Waals surface area (Å²) in [5.41, 5.74) is 6.68. The number of nitrogens with two attached hydrogens (primary N) is 1. The third-order valence-electron chi connectivity index (χ3n) is 5.88. The lowest BCUT2D eigenvalue weighted by Gasteiger charge is -2.46. The molecule has 0 unspecified atom stereocenters. The monoisotopic (exact) mass is 373 g/mol. The summed E-state index contributed by atoms with van der Waals surface area (Å²) in [4.78, 5) is 2.28. The highest BCUT2D eigenvalue weighted by Crippen LogP contribution is 2.54. The summed E-state index contributed by atoms with van der Waals surface area (Å²) in [7, 11) is 1.58. The number of ether oxygens (including phenoxy) is 1. The van der Waals surface area contributed by atoms with E-state index in [-0.39, 0.29) is 17.2 Å². The average Bonchev–Trinajstić information content (AvgIpc) is 2.72. The van der Waals surface area contributed by atoms with Crippen molar-refractivity contribution >= 4 is 0 Å². The van der Waals surface area contributed by atoms with Gasteiger partial charge in [-0.2, -0.15) is 15.8 Å². The lowest BCUT2D eigenvalue weighted by molar-refractivity contribution is 0.174. The lowest BCUT2D eigenvalue weighted by Crippen LogP contribution is -2.49. The van der Waals surface area contributed by atoms with Crippen LogP contribution in [-0.2, 0) is 0 Å². The Kier molecular flexibility index (Phi) is 5.14. The van der Waals surface area contributed by atoms with Gasteiger partial charge >= 0.3 is 0 Å². The Hall–Kier alpha value is -3.27. The van der Waals surface area contributed by atoms with Crippen LogP contribution < -0.4 is 10.5 Å². The van der Waals surface area contributed by atoms with Crippen LogP contribution in [0.3, 0.4) is 0 Å². The fourth-order valence-electron chi connectivity index (χ4n) is 4.34. The molecule has 0 saturated carbocycles. The largest absolute Gasteiger partial charge is 0.497 e. The standard InChI is InChI=1S/C22H23N5O/c1-14(2)27-8-7-17-18(10-23)21(26)22(12-24,13-25)20(19(17)11-27)15-5-4-6-16(9-15)28-3/h4-7,9,14,19-20H,8,11,26H2,1-3H3/t19-,20+/m0/s1. The van der Waals surface area contributed by atoms with E-state index in [0.29, 0.717) is 24.9 Å². The summed E-state index contributed by atoms with van der Waals surface area (Å²) in [6, 6.07) is 14.2. The number of nitrogens with zero attached hydrogens (tertiary/aromatic N) is 4. The van der Waals surface area contributed by atoms with Crippen LogP contribution in [0, 0.1) is 45.3 Å². The molecule has 6 nitrogen and oxygen atoms in total. The molecule has 2 aliphatic rings. The highest BCUT2D eigenvalue weighted by molar-refractivity contribution is 5.59. The van der Waals surface area contributed by atoms with Gasteiger partial charge in [0.1, 0.15) is 11.8 Å². The summed E-state index contributed by atoms with van der Waals surface area (Å²) >= 11 is 0. The Morgan fingerprint density at radius 1 is 1.25 bits per heavy atom. The molecule has 1 aliphatic carbocycles. The first kappa shape index (κ1) is 19.5. The molecule has 0 saturated heterocycles. The number of nitriles is 3. The van der Waals surface area contributed by atoms with E-state index in [1.54, 1.807) is 7.11 Å². The van der Waals surface area contributed by atoms with Crippen molar-refractivity contribution in [2.45, 2.75) is 25.8 Å². The number of allylic oxidation sites excluding steroid dienone is 2. The molecule has 0 aromatic heterocycles. The van der Waals surface area contributed by atoms with Crippen molar-refractivity contribution in [1.82, 2.24) is 4.90 Å². The fraction of sp³-hybridized carbons (Fsp3) is 0.409. The SMILES string of the molecule is COc1cccc([C@@H]2[C@H]3CN(C(C)C)CC=C3C(C#N)=C(N)C2(C#N)C#N)c1. The highest BCUT2D eigenvalue weighted by Gasteiger charge is 2.54. The fourth-order valence-corrected chi connectivity index (χ4v) is 4.34. The van der Waals surface area contributed by atoms with E-state index in [2.05, 4.69) is 37.0 Å². The summed E-state index contributed by atoms with van der Waals surface area (Å²) in [5, 5.41) is 29.9. The van der Waals surface area contributed by atoms with Gasteiger partial charge < -0.3 is 10.5 Å². The summed E-state index contributed by atoms with van der Waals surface area (Å²) in [6.07, 6.45) is 2.02. The molecule has 0 fully saturated rings. The Morgan fingerprint density at radius 2 is 1.96 bits per heavy atom. The number of rotatable bonds is 3. The van der Waals surface area contributed by atoms with E-state index >= 15 is 0 Å². The van der Waals surface area contributed by atoms with Gasteiger partial charge in [0.15, 0.2) is 5.41 Å². The van der Waals surface area contributed by atoms with Crippen LogP contribution in [-0.4, -0.2) is 31.1 Å². The van der Waals surface area contributed by atoms with Crippen molar-refractivity contribution < 1.29 is 4.74 Å². The molecule has 0 spiro atoms. The molecular formula is C22H23N5O. The molecule has 0 amide bonds. The number of fused-ring (bicyclic) bond motifs is 1. The molecule has 1 aromatic rings. The molecule has 2 N–H and O–H groups in total. The molecule has 2 atom stereocenters. The van der Waals surface area contributed by atoms with Crippen molar-refractivity contribution in [1.29, 1.82) is 15.8 Å². The van der Waals surface area contributed by atoms with E-state index < -0.39 is 11.3 Å². The number of hydrogen-bond acceptors (Lipinski definition) is 6. The Morgan fingerprint density at radius 3 is 2.54 bits per heavy atom. The van der Waals surface area contributed by atoms with Crippen LogP contribution in [0.25, 0.3) is 0 Å². The maximum absolute atomic E-state index is 10.1. The number of methoxy groups -OCH3 is 1. The summed E-state index contributed by atoms with van der Waals surface area (Å²) < 4.78 is 5.36. The van der Waals surface area contributed by atoms with Crippen LogP contribution in [0.2, 0.25) is 0 Å². The van der Waals surface area contributed by atoms with Crippen molar-refractivity contribution in [3.8, 4) is 24.0 Å². The van der Waals surface area contributed by atoms with Gasteiger partial charge in [-0.3, -0.25) is 4.90 Å². The van der Waals surface area contributed by atoms with Gasteiger partial charge in [0.2, 0.25) is 0 Å². The predicted octanol–water partition coefficient (Wildman–Crippen LogP) is 2.83. The first-order valence-corrected chi connectivity index (χ1v) is 9.24. The third kappa shape index (κ3) is 2.82. The first-order valence-electron chi connectivity index (χ1n) is 9.24. The number of hydrogen-bond donors (Lipinski definition) is 1. The normalized spacial score (nSPS) is 23.8. The topological polar surface area (TPSA) is 110 Å². The van der Waals surface area contributed by atoms with E-state index in [1.165, 1.54) is 0 Å². The average molecular weight is 373 g/mol. The maximum Gasteiger partial charge on any atom is 0.191 e. The highest BCUT2D eigenvalue weighted by atomic mass is 16.5. The van der Waals surface area contributed by atoms with Gasteiger partial charge in [0.25, 0.3) is 0 Å². The minimum atomic E-state index is -1.61.